The molecule has 1 aromatic carbocycles. The molecule has 3 nitrogen and oxygen atoms in total. The zero-order chi connectivity index (χ0) is 13.0. The maximum atomic E-state index is 13.4. The first-order valence-electron chi connectivity index (χ1n) is 5.76. The van der Waals surface area contributed by atoms with E-state index in [9.17, 15) is 4.39 Å². The highest BCUT2D eigenvalue weighted by molar-refractivity contribution is 5.33. The minimum atomic E-state index is -0.348. The highest BCUT2D eigenvalue weighted by atomic mass is 19.1. The van der Waals surface area contributed by atoms with Crippen molar-refractivity contribution in [1.82, 2.24) is 5.32 Å². The van der Waals surface area contributed by atoms with Crippen LogP contribution in [0.5, 0.6) is 5.75 Å². The van der Waals surface area contributed by atoms with Gasteiger partial charge in [-0.25, -0.2) is 4.39 Å². The fourth-order valence-corrected chi connectivity index (χ4v) is 1.92. The van der Waals surface area contributed by atoms with E-state index in [0.29, 0.717) is 0 Å². The van der Waals surface area contributed by atoms with Gasteiger partial charge in [-0.3, -0.25) is 0 Å². The molecular weight excluding hydrogens is 233 g/mol. The Labute approximate surface area is 106 Å². The van der Waals surface area contributed by atoms with Gasteiger partial charge in [-0.1, -0.05) is 6.07 Å². The fourth-order valence-electron chi connectivity index (χ4n) is 1.92. The van der Waals surface area contributed by atoms with Crippen LogP contribution in [0.1, 0.15) is 17.2 Å². The van der Waals surface area contributed by atoms with Crippen LogP contribution in [-0.2, 0) is 6.42 Å². The molecule has 0 aliphatic heterocycles. The summed E-state index contributed by atoms with van der Waals surface area (Å²) in [5.74, 6) is -0.0839. The summed E-state index contributed by atoms with van der Waals surface area (Å²) in [6.45, 7) is 0. The number of nitrogens with one attached hydrogen (secondary N) is 1. The quantitative estimate of drug-likeness (QED) is 0.884. The second-order valence-corrected chi connectivity index (χ2v) is 4.07. The second-order valence-electron chi connectivity index (χ2n) is 4.07. The number of halogens is 1. The molecule has 2 rings (SSSR count). The van der Waals surface area contributed by atoms with E-state index in [2.05, 4.69) is 5.32 Å². The van der Waals surface area contributed by atoms with E-state index in [4.69, 9.17) is 9.15 Å². The van der Waals surface area contributed by atoms with E-state index in [1.54, 1.807) is 24.7 Å². The molecule has 0 saturated carbocycles. The summed E-state index contributed by atoms with van der Waals surface area (Å²) in [5, 5.41) is 3.21. The first kappa shape index (κ1) is 12.6. The van der Waals surface area contributed by atoms with Crippen LogP contribution in [-0.4, -0.2) is 14.2 Å². The lowest BCUT2D eigenvalue weighted by Gasteiger charge is -2.16. The number of likely N-dealkylation sites (N-methyl/N-ethyl adjacent to an activating group) is 1. The monoisotopic (exact) mass is 249 g/mol. The van der Waals surface area contributed by atoms with Gasteiger partial charge in [0.2, 0.25) is 0 Å². The van der Waals surface area contributed by atoms with Gasteiger partial charge >= 0.3 is 0 Å². The minimum absolute atomic E-state index is 0.0945. The first-order valence-corrected chi connectivity index (χ1v) is 5.76. The van der Waals surface area contributed by atoms with Crippen molar-refractivity contribution in [3.63, 3.8) is 0 Å². The van der Waals surface area contributed by atoms with Crippen molar-refractivity contribution in [1.29, 1.82) is 0 Å². The highest BCUT2D eigenvalue weighted by Crippen LogP contribution is 2.24. The lowest BCUT2D eigenvalue weighted by molar-refractivity contribution is 0.385. The molecular formula is C14H16FNO2. The molecule has 1 aromatic heterocycles. The number of furan rings is 1. The van der Waals surface area contributed by atoms with Crippen LogP contribution in [0.25, 0.3) is 0 Å². The van der Waals surface area contributed by atoms with E-state index in [-0.39, 0.29) is 17.6 Å². The lowest BCUT2D eigenvalue weighted by atomic mass is 10.0. The number of methoxy groups -OCH3 is 1. The molecule has 18 heavy (non-hydrogen) atoms. The van der Waals surface area contributed by atoms with E-state index in [1.807, 2.05) is 13.1 Å². The molecule has 0 spiro atoms. The average molecular weight is 249 g/mol. The molecule has 0 fully saturated rings. The zero-order valence-corrected chi connectivity index (χ0v) is 10.4. The molecule has 1 N–H and O–H groups in total. The van der Waals surface area contributed by atoms with Crippen LogP contribution in [0, 0.1) is 5.82 Å². The molecule has 1 heterocycles. The fraction of sp³-hybridized carbons (Fsp3) is 0.286. The van der Waals surface area contributed by atoms with E-state index in [1.165, 1.54) is 13.2 Å². The SMILES string of the molecule is CNC(Cc1ccoc1)c1ccc(F)c(OC)c1. The van der Waals surface area contributed by atoms with Crippen molar-refractivity contribution in [2.24, 2.45) is 0 Å². The van der Waals surface area contributed by atoms with Gasteiger partial charge in [-0.15, -0.1) is 0 Å². The standard InChI is InChI=1S/C14H16FNO2/c1-16-13(7-10-5-6-18-9-10)11-3-4-12(15)14(8-11)17-2/h3-6,8-9,13,16H,7H2,1-2H3. The number of hydrogen-bond donors (Lipinski definition) is 1. The summed E-state index contributed by atoms with van der Waals surface area (Å²) in [7, 11) is 3.34. The van der Waals surface area contributed by atoms with Gasteiger partial charge in [-0.2, -0.15) is 0 Å². The molecule has 0 saturated heterocycles. The summed E-state index contributed by atoms with van der Waals surface area (Å²) in [4.78, 5) is 0. The molecule has 0 amide bonds. The average Bonchev–Trinajstić information content (AvgIpc) is 2.89. The number of hydrogen-bond acceptors (Lipinski definition) is 3. The van der Waals surface area contributed by atoms with Gasteiger partial charge in [0.15, 0.2) is 11.6 Å². The number of benzene rings is 1. The second kappa shape index (κ2) is 5.69. The third kappa shape index (κ3) is 2.71. The molecule has 96 valence electrons. The van der Waals surface area contributed by atoms with Crippen molar-refractivity contribution in [3.8, 4) is 5.75 Å². The van der Waals surface area contributed by atoms with Gasteiger partial charge in [-0.05, 0) is 42.8 Å². The highest BCUT2D eigenvalue weighted by Gasteiger charge is 2.13. The largest absolute Gasteiger partial charge is 0.494 e. The van der Waals surface area contributed by atoms with Crippen molar-refractivity contribution in [3.05, 3.63) is 53.7 Å². The Hall–Kier alpha value is -1.81. The van der Waals surface area contributed by atoms with Crippen molar-refractivity contribution >= 4 is 0 Å². The van der Waals surface area contributed by atoms with Gasteiger partial charge < -0.3 is 14.5 Å². The molecule has 2 aromatic rings. The normalized spacial score (nSPS) is 12.4. The maximum Gasteiger partial charge on any atom is 0.165 e. The van der Waals surface area contributed by atoms with Crippen molar-refractivity contribution in [2.45, 2.75) is 12.5 Å². The predicted octanol–water partition coefficient (Wildman–Crippen LogP) is 2.93. The third-order valence-corrected chi connectivity index (χ3v) is 2.95. The number of rotatable bonds is 5. The first-order chi connectivity index (χ1) is 8.74. The Morgan fingerprint density at radius 1 is 1.39 bits per heavy atom. The van der Waals surface area contributed by atoms with Crippen LogP contribution in [0.2, 0.25) is 0 Å². The van der Waals surface area contributed by atoms with E-state index in [0.717, 1.165) is 17.5 Å². The van der Waals surface area contributed by atoms with Crippen LogP contribution < -0.4 is 10.1 Å². The Morgan fingerprint density at radius 3 is 2.83 bits per heavy atom. The summed E-state index contributed by atoms with van der Waals surface area (Å²) in [6.07, 6.45) is 4.14. The predicted molar refractivity (Wildman–Crippen MR) is 67.2 cm³/mol. The molecule has 0 bridgehead atoms. The summed E-state index contributed by atoms with van der Waals surface area (Å²) in [6, 6.07) is 6.92. The molecule has 0 aliphatic rings. The van der Waals surface area contributed by atoms with Gasteiger partial charge in [0.25, 0.3) is 0 Å². The van der Waals surface area contributed by atoms with Crippen LogP contribution in [0.15, 0.2) is 41.2 Å². The summed E-state index contributed by atoms with van der Waals surface area (Å²) >= 11 is 0. The van der Waals surface area contributed by atoms with E-state index < -0.39 is 0 Å². The lowest BCUT2D eigenvalue weighted by Crippen LogP contribution is -2.18. The van der Waals surface area contributed by atoms with Crippen LogP contribution in [0.4, 0.5) is 4.39 Å². The van der Waals surface area contributed by atoms with Gasteiger partial charge in [0, 0.05) is 6.04 Å². The Bertz CT molecular complexity index is 497. The topological polar surface area (TPSA) is 34.4 Å². The van der Waals surface area contributed by atoms with Gasteiger partial charge in [0.1, 0.15) is 0 Å². The van der Waals surface area contributed by atoms with Crippen LogP contribution in [0.3, 0.4) is 0 Å². The van der Waals surface area contributed by atoms with Crippen molar-refractivity contribution in [2.75, 3.05) is 14.2 Å². The van der Waals surface area contributed by atoms with E-state index >= 15 is 0 Å². The van der Waals surface area contributed by atoms with Gasteiger partial charge in [0.05, 0.1) is 19.6 Å². The smallest absolute Gasteiger partial charge is 0.165 e. The van der Waals surface area contributed by atoms with Crippen LogP contribution >= 0.6 is 0 Å². The third-order valence-electron chi connectivity index (χ3n) is 2.95. The molecule has 1 atom stereocenters. The maximum absolute atomic E-state index is 13.4. The summed E-state index contributed by atoms with van der Waals surface area (Å²) in [5.41, 5.74) is 2.08. The van der Waals surface area contributed by atoms with Crippen molar-refractivity contribution < 1.29 is 13.5 Å². The molecule has 1 unspecified atom stereocenters. The minimum Gasteiger partial charge on any atom is -0.494 e. The Kier molecular flexibility index (Phi) is 3.99. The number of ether oxygens (including phenoxy) is 1. The molecule has 0 aliphatic carbocycles. The summed E-state index contributed by atoms with van der Waals surface area (Å²) < 4.78 is 23.4. The molecule has 4 heteroatoms. The zero-order valence-electron chi connectivity index (χ0n) is 10.4. The Balaban J connectivity index is 2.21. The Morgan fingerprint density at radius 2 is 2.22 bits per heavy atom. The molecule has 0 radical (unpaired) electrons.